The normalized spacial score (nSPS) is 20.4. The van der Waals surface area contributed by atoms with Gasteiger partial charge < -0.3 is 10.6 Å². The standard InChI is InChI=1S/C21H22F2N2O2/c1-4-16(17-11-21(22,23)8-7-12(17)2)20(27)24-15-9-13(3)19-14(10-15)5-6-18(26)25-19/h4,9-10H,1-2,5-8,11H2,3H3,(H,24,27)(H,25,26)/b17-16+. The Morgan fingerprint density at radius 2 is 2.04 bits per heavy atom. The van der Waals surface area contributed by atoms with E-state index in [-0.39, 0.29) is 29.9 Å². The summed E-state index contributed by atoms with van der Waals surface area (Å²) in [4.78, 5) is 24.3. The Hall–Kier alpha value is -2.76. The summed E-state index contributed by atoms with van der Waals surface area (Å²) in [7, 11) is 0. The first kappa shape index (κ1) is 19.0. The van der Waals surface area contributed by atoms with Crippen molar-refractivity contribution in [3.8, 4) is 0 Å². The Balaban J connectivity index is 1.89. The molecule has 2 amide bonds. The van der Waals surface area contributed by atoms with Crippen LogP contribution in [0.25, 0.3) is 0 Å². The molecule has 0 saturated heterocycles. The number of aryl methyl sites for hydroxylation is 2. The summed E-state index contributed by atoms with van der Waals surface area (Å²) in [5.74, 6) is -3.36. The van der Waals surface area contributed by atoms with E-state index < -0.39 is 18.3 Å². The Morgan fingerprint density at radius 1 is 1.30 bits per heavy atom. The van der Waals surface area contributed by atoms with Crippen LogP contribution in [0.4, 0.5) is 20.2 Å². The van der Waals surface area contributed by atoms with Gasteiger partial charge in [0.05, 0.1) is 0 Å². The number of halogens is 2. The van der Waals surface area contributed by atoms with Crippen LogP contribution in [0.3, 0.4) is 0 Å². The highest BCUT2D eigenvalue weighted by atomic mass is 19.3. The number of allylic oxidation sites excluding steroid dienone is 2. The summed E-state index contributed by atoms with van der Waals surface area (Å²) in [6, 6.07) is 3.55. The largest absolute Gasteiger partial charge is 0.326 e. The molecule has 142 valence electrons. The first-order chi connectivity index (χ1) is 12.7. The van der Waals surface area contributed by atoms with Crippen LogP contribution in [0.5, 0.6) is 0 Å². The molecule has 1 heterocycles. The second-order valence-corrected chi connectivity index (χ2v) is 7.06. The summed E-state index contributed by atoms with van der Waals surface area (Å²) in [6.07, 6.45) is 1.69. The SMILES string of the molecule is C=C/C(C(=O)Nc1cc(C)c2c(c1)CCC(=O)N2)=C1/CC(F)(F)CCC1=C. The van der Waals surface area contributed by atoms with Crippen molar-refractivity contribution < 1.29 is 18.4 Å². The molecule has 1 fully saturated rings. The molecule has 0 spiro atoms. The molecular formula is C21H22F2N2O2. The van der Waals surface area contributed by atoms with Crippen LogP contribution >= 0.6 is 0 Å². The number of anilines is 2. The van der Waals surface area contributed by atoms with E-state index in [2.05, 4.69) is 23.8 Å². The van der Waals surface area contributed by atoms with Crippen LogP contribution < -0.4 is 10.6 Å². The molecule has 0 atom stereocenters. The van der Waals surface area contributed by atoms with Gasteiger partial charge in [0.15, 0.2) is 0 Å². The van der Waals surface area contributed by atoms with Gasteiger partial charge in [0, 0.05) is 36.2 Å². The van der Waals surface area contributed by atoms with Gasteiger partial charge in [-0.3, -0.25) is 9.59 Å². The van der Waals surface area contributed by atoms with E-state index in [1.165, 1.54) is 6.08 Å². The van der Waals surface area contributed by atoms with Gasteiger partial charge in [-0.05, 0) is 48.6 Å². The molecule has 3 rings (SSSR count). The van der Waals surface area contributed by atoms with Gasteiger partial charge in [-0.2, -0.15) is 0 Å². The summed E-state index contributed by atoms with van der Waals surface area (Å²) >= 11 is 0. The molecule has 0 unspecified atom stereocenters. The Kier molecular flexibility index (Phi) is 5.00. The van der Waals surface area contributed by atoms with Gasteiger partial charge in [0.1, 0.15) is 0 Å². The maximum atomic E-state index is 13.8. The summed E-state index contributed by atoms with van der Waals surface area (Å²) in [6.45, 7) is 9.31. The van der Waals surface area contributed by atoms with Gasteiger partial charge in [0.25, 0.3) is 11.8 Å². The van der Waals surface area contributed by atoms with E-state index in [0.717, 1.165) is 16.8 Å². The third-order valence-corrected chi connectivity index (χ3v) is 4.99. The third kappa shape index (κ3) is 3.99. The van der Waals surface area contributed by atoms with Crippen LogP contribution in [0.1, 0.15) is 36.8 Å². The molecule has 0 bridgehead atoms. The molecule has 4 nitrogen and oxygen atoms in total. The molecule has 0 radical (unpaired) electrons. The zero-order valence-electron chi connectivity index (χ0n) is 15.3. The van der Waals surface area contributed by atoms with E-state index in [1.54, 1.807) is 12.1 Å². The fourth-order valence-electron chi connectivity index (χ4n) is 3.55. The minimum absolute atomic E-state index is 0.0298. The monoisotopic (exact) mass is 372 g/mol. The first-order valence-corrected chi connectivity index (χ1v) is 8.86. The number of benzene rings is 1. The van der Waals surface area contributed by atoms with Crippen molar-refractivity contribution in [2.24, 2.45) is 0 Å². The highest BCUT2D eigenvalue weighted by molar-refractivity contribution is 6.07. The lowest BCUT2D eigenvalue weighted by Gasteiger charge is -2.27. The van der Waals surface area contributed by atoms with Crippen molar-refractivity contribution in [2.75, 3.05) is 10.6 Å². The molecule has 1 aromatic rings. The number of carbonyl (C=O) groups is 2. The third-order valence-electron chi connectivity index (χ3n) is 4.99. The zero-order valence-corrected chi connectivity index (χ0v) is 15.3. The second-order valence-electron chi connectivity index (χ2n) is 7.06. The highest BCUT2D eigenvalue weighted by Gasteiger charge is 2.36. The number of hydrogen-bond donors (Lipinski definition) is 2. The van der Waals surface area contributed by atoms with Crippen molar-refractivity contribution in [2.45, 2.75) is 45.0 Å². The lowest BCUT2D eigenvalue weighted by Crippen LogP contribution is -2.25. The molecular weight excluding hydrogens is 350 g/mol. The minimum atomic E-state index is -2.84. The predicted molar refractivity (Wildman–Crippen MR) is 102 cm³/mol. The van der Waals surface area contributed by atoms with Gasteiger partial charge in [-0.15, -0.1) is 0 Å². The average Bonchev–Trinajstić information content (AvgIpc) is 2.59. The van der Waals surface area contributed by atoms with Gasteiger partial charge >= 0.3 is 0 Å². The van der Waals surface area contributed by atoms with E-state index in [1.807, 2.05) is 6.92 Å². The van der Waals surface area contributed by atoms with E-state index >= 15 is 0 Å². The molecule has 0 aromatic heterocycles. The van der Waals surface area contributed by atoms with Crippen molar-refractivity contribution in [3.05, 3.63) is 59.2 Å². The lowest BCUT2D eigenvalue weighted by atomic mass is 9.84. The van der Waals surface area contributed by atoms with Crippen LogP contribution in [0, 0.1) is 6.92 Å². The Bertz CT molecular complexity index is 884. The maximum absolute atomic E-state index is 13.8. The molecule has 6 heteroatoms. The molecule has 2 aliphatic rings. The van der Waals surface area contributed by atoms with Gasteiger partial charge in [0.2, 0.25) is 5.91 Å². The van der Waals surface area contributed by atoms with Crippen molar-refractivity contribution >= 4 is 23.2 Å². The van der Waals surface area contributed by atoms with Crippen LogP contribution in [0.2, 0.25) is 0 Å². The number of carbonyl (C=O) groups excluding carboxylic acids is 2. The Morgan fingerprint density at radius 3 is 2.74 bits per heavy atom. The van der Waals surface area contributed by atoms with Crippen molar-refractivity contribution in [1.82, 2.24) is 0 Å². The van der Waals surface area contributed by atoms with Gasteiger partial charge in [-0.25, -0.2) is 8.78 Å². The topological polar surface area (TPSA) is 58.2 Å². The maximum Gasteiger partial charge on any atom is 0.255 e. The summed E-state index contributed by atoms with van der Waals surface area (Å²) in [5, 5.41) is 5.61. The smallest absolute Gasteiger partial charge is 0.255 e. The predicted octanol–water partition coefficient (Wildman–Crippen LogP) is 4.68. The zero-order chi connectivity index (χ0) is 19.8. The quantitative estimate of drug-likeness (QED) is 0.757. The second kappa shape index (κ2) is 7.10. The molecule has 1 saturated carbocycles. The van der Waals surface area contributed by atoms with Crippen molar-refractivity contribution in [1.29, 1.82) is 0 Å². The number of nitrogens with one attached hydrogen (secondary N) is 2. The fraction of sp³-hybridized carbons (Fsp3) is 0.333. The summed E-state index contributed by atoms with van der Waals surface area (Å²) in [5.41, 5.74) is 4.04. The Labute approximate surface area is 157 Å². The van der Waals surface area contributed by atoms with Crippen molar-refractivity contribution in [3.63, 3.8) is 0 Å². The first-order valence-electron chi connectivity index (χ1n) is 8.86. The molecule has 27 heavy (non-hydrogen) atoms. The number of fused-ring (bicyclic) bond motifs is 1. The number of rotatable bonds is 3. The molecule has 2 N–H and O–H groups in total. The van der Waals surface area contributed by atoms with E-state index in [9.17, 15) is 18.4 Å². The number of alkyl halides is 2. The molecule has 1 aliphatic heterocycles. The fourth-order valence-corrected chi connectivity index (χ4v) is 3.55. The van der Waals surface area contributed by atoms with Crippen LogP contribution in [-0.4, -0.2) is 17.7 Å². The van der Waals surface area contributed by atoms with Gasteiger partial charge in [-0.1, -0.05) is 24.8 Å². The van der Waals surface area contributed by atoms with E-state index in [0.29, 0.717) is 24.1 Å². The number of amides is 2. The molecule has 1 aromatic carbocycles. The van der Waals surface area contributed by atoms with Crippen LogP contribution in [0.15, 0.2) is 48.1 Å². The summed E-state index contributed by atoms with van der Waals surface area (Å²) < 4.78 is 27.6. The lowest BCUT2D eigenvalue weighted by molar-refractivity contribution is -0.116. The minimum Gasteiger partial charge on any atom is -0.326 e. The number of hydrogen-bond acceptors (Lipinski definition) is 2. The van der Waals surface area contributed by atoms with E-state index in [4.69, 9.17) is 0 Å². The molecule has 1 aliphatic carbocycles. The highest BCUT2D eigenvalue weighted by Crippen LogP contribution is 2.40. The van der Waals surface area contributed by atoms with Crippen LogP contribution in [-0.2, 0) is 16.0 Å². The average molecular weight is 372 g/mol.